The maximum Gasteiger partial charge on any atom is 0.220 e. The first-order valence-electron chi connectivity index (χ1n) is 8.01. The first-order chi connectivity index (χ1) is 11.2. The van der Waals surface area contributed by atoms with E-state index in [1.165, 1.54) is 6.42 Å². The third-order valence-electron chi connectivity index (χ3n) is 4.28. The molecule has 0 spiro atoms. The van der Waals surface area contributed by atoms with E-state index in [9.17, 15) is 4.79 Å². The monoisotopic (exact) mass is 348 g/mol. The topological polar surface area (TPSA) is 41.1 Å². The quantitative estimate of drug-likeness (QED) is 0.828. The van der Waals surface area contributed by atoms with Crippen molar-refractivity contribution in [1.29, 1.82) is 0 Å². The van der Waals surface area contributed by atoms with E-state index in [-0.39, 0.29) is 11.9 Å². The number of carbonyl (C=O) groups is 1. The molecule has 1 amide bonds. The van der Waals surface area contributed by atoms with Gasteiger partial charge in [-0.1, -0.05) is 29.8 Å². The van der Waals surface area contributed by atoms with Gasteiger partial charge in [0.25, 0.3) is 0 Å². The average Bonchev–Trinajstić information content (AvgIpc) is 3.25. The molecule has 2 unspecified atom stereocenters. The van der Waals surface area contributed by atoms with Crippen LogP contribution in [-0.4, -0.2) is 19.0 Å². The summed E-state index contributed by atoms with van der Waals surface area (Å²) in [4.78, 5) is 13.5. The molecule has 1 fully saturated rings. The minimum atomic E-state index is -0.0959. The minimum Gasteiger partial charge on any atom is -0.344 e. The van der Waals surface area contributed by atoms with Gasteiger partial charge in [0.1, 0.15) is 0 Å². The largest absolute Gasteiger partial charge is 0.344 e. The van der Waals surface area contributed by atoms with E-state index in [0.717, 1.165) is 30.0 Å². The summed E-state index contributed by atoms with van der Waals surface area (Å²) >= 11 is 7.64. The zero-order chi connectivity index (χ0) is 16.1. The molecule has 5 heteroatoms. The van der Waals surface area contributed by atoms with Gasteiger partial charge in [0.15, 0.2) is 0 Å². The number of thiophene rings is 1. The predicted molar refractivity (Wildman–Crippen MR) is 96.0 cm³/mol. The van der Waals surface area contributed by atoms with Crippen LogP contribution in [0.3, 0.4) is 0 Å². The zero-order valence-electron chi connectivity index (χ0n) is 12.9. The third-order valence-corrected chi connectivity index (χ3v) is 5.47. The van der Waals surface area contributed by atoms with Gasteiger partial charge in [-0.3, -0.25) is 4.79 Å². The fraction of sp³-hybridized carbons (Fsp3) is 0.389. The molecule has 1 aromatic carbocycles. The second-order valence-corrected chi connectivity index (χ2v) is 7.38. The van der Waals surface area contributed by atoms with E-state index in [0.29, 0.717) is 17.4 Å². The zero-order valence-corrected chi connectivity index (χ0v) is 14.5. The molecule has 122 valence electrons. The third kappa shape index (κ3) is 4.56. The molecule has 2 N–H and O–H groups in total. The average molecular weight is 349 g/mol. The summed E-state index contributed by atoms with van der Waals surface area (Å²) < 4.78 is 0. The van der Waals surface area contributed by atoms with E-state index in [1.54, 1.807) is 11.3 Å². The smallest absolute Gasteiger partial charge is 0.220 e. The van der Waals surface area contributed by atoms with Crippen LogP contribution in [0.1, 0.15) is 35.7 Å². The molecular weight excluding hydrogens is 328 g/mol. The fourth-order valence-corrected chi connectivity index (χ4v) is 3.89. The summed E-state index contributed by atoms with van der Waals surface area (Å²) in [6.45, 7) is 2.12. The Balaban J connectivity index is 1.66. The molecular formula is C18H21ClN2OS. The maximum absolute atomic E-state index is 12.4. The molecule has 1 saturated heterocycles. The Labute approximate surface area is 146 Å². The lowest BCUT2D eigenvalue weighted by Crippen LogP contribution is -2.29. The molecule has 0 saturated carbocycles. The van der Waals surface area contributed by atoms with Crippen molar-refractivity contribution in [2.45, 2.75) is 25.3 Å². The molecule has 23 heavy (non-hydrogen) atoms. The van der Waals surface area contributed by atoms with E-state index in [2.05, 4.69) is 16.7 Å². The van der Waals surface area contributed by atoms with Crippen molar-refractivity contribution in [3.05, 3.63) is 57.2 Å². The number of hydrogen-bond donors (Lipinski definition) is 2. The lowest BCUT2D eigenvalue weighted by molar-refractivity contribution is -0.121. The van der Waals surface area contributed by atoms with E-state index in [4.69, 9.17) is 11.6 Å². The van der Waals surface area contributed by atoms with Gasteiger partial charge in [-0.15, -0.1) is 11.3 Å². The van der Waals surface area contributed by atoms with Crippen molar-refractivity contribution < 1.29 is 4.79 Å². The molecule has 1 aliphatic rings. The second kappa shape index (κ2) is 7.95. The van der Waals surface area contributed by atoms with Crippen molar-refractivity contribution in [2.75, 3.05) is 13.1 Å². The molecule has 0 bridgehead atoms. The summed E-state index contributed by atoms with van der Waals surface area (Å²) in [5.41, 5.74) is 1.06. The van der Waals surface area contributed by atoms with Crippen molar-refractivity contribution >= 4 is 28.8 Å². The standard InChI is InChI=1S/C18H21ClN2OS/c19-15-6-4-14(5-7-15)18(16-2-1-11-23-16)21-17(22)8-3-13-9-10-20-12-13/h1-2,4-7,11,13,18,20H,3,8-10,12H2,(H,21,22). The maximum atomic E-state index is 12.4. The van der Waals surface area contributed by atoms with Crippen LogP contribution in [0.25, 0.3) is 0 Å². The fourth-order valence-electron chi connectivity index (χ4n) is 2.96. The van der Waals surface area contributed by atoms with Crippen molar-refractivity contribution in [2.24, 2.45) is 5.92 Å². The molecule has 2 aromatic rings. The highest BCUT2D eigenvalue weighted by molar-refractivity contribution is 7.10. The van der Waals surface area contributed by atoms with E-state index < -0.39 is 0 Å². The number of carbonyl (C=O) groups excluding carboxylic acids is 1. The summed E-state index contributed by atoms with van der Waals surface area (Å²) in [6, 6.07) is 11.7. The van der Waals surface area contributed by atoms with Crippen LogP contribution in [0.2, 0.25) is 5.02 Å². The molecule has 1 aliphatic heterocycles. The summed E-state index contributed by atoms with van der Waals surface area (Å²) in [5, 5.41) is 9.28. The summed E-state index contributed by atoms with van der Waals surface area (Å²) in [6.07, 6.45) is 2.72. The number of nitrogens with one attached hydrogen (secondary N) is 2. The summed E-state index contributed by atoms with van der Waals surface area (Å²) in [7, 11) is 0. The normalized spacial score (nSPS) is 18.7. The second-order valence-electron chi connectivity index (χ2n) is 5.96. The van der Waals surface area contributed by atoms with Gasteiger partial charge >= 0.3 is 0 Å². The van der Waals surface area contributed by atoms with Crippen LogP contribution in [-0.2, 0) is 4.79 Å². The highest BCUT2D eigenvalue weighted by Gasteiger charge is 2.20. The van der Waals surface area contributed by atoms with Gasteiger partial charge in [-0.25, -0.2) is 0 Å². The molecule has 2 atom stereocenters. The Hall–Kier alpha value is -1.36. The van der Waals surface area contributed by atoms with Crippen LogP contribution in [0, 0.1) is 5.92 Å². The van der Waals surface area contributed by atoms with Crippen LogP contribution in [0.5, 0.6) is 0 Å². The highest BCUT2D eigenvalue weighted by Crippen LogP contribution is 2.27. The van der Waals surface area contributed by atoms with E-state index >= 15 is 0 Å². The molecule has 3 rings (SSSR count). The number of hydrogen-bond acceptors (Lipinski definition) is 3. The van der Waals surface area contributed by atoms with Gasteiger partial charge in [-0.05, 0) is 61.0 Å². The molecule has 1 aromatic heterocycles. The van der Waals surface area contributed by atoms with E-state index in [1.807, 2.05) is 35.7 Å². The number of benzene rings is 1. The van der Waals surface area contributed by atoms with Gasteiger partial charge in [0.05, 0.1) is 6.04 Å². The molecule has 3 nitrogen and oxygen atoms in total. The first-order valence-corrected chi connectivity index (χ1v) is 9.27. The van der Waals surface area contributed by atoms with Crippen LogP contribution < -0.4 is 10.6 Å². The number of amides is 1. The lowest BCUT2D eigenvalue weighted by atomic mass is 10.0. The predicted octanol–water partition coefficient (Wildman–Crippen LogP) is 4.00. The Morgan fingerprint density at radius 3 is 2.83 bits per heavy atom. The van der Waals surface area contributed by atoms with Crippen LogP contribution in [0.4, 0.5) is 0 Å². The van der Waals surface area contributed by atoms with Gasteiger partial charge < -0.3 is 10.6 Å². The highest BCUT2D eigenvalue weighted by atomic mass is 35.5. The van der Waals surface area contributed by atoms with Crippen molar-refractivity contribution in [1.82, 2.24) is 10.6 Å². The number of rotatable bonds is 6. The van der Waals surface area contributed by atoms with Crippen LogP contribution in [0.15, 0.2) is 41.8 Å². The molecule has 0 aliphatic carbocycles. The van der Waals surface area contributed by atoms with Gasteiger partial charge in [-0.2, -0.15) is 0 Å². The Morgan fingerprint density at radius 1 is 1.35 bits per heavy atom. The van der Waals surface area contributed by atoms with Gasteiger partial charge in [0.2, 0.25) is 5.91 Å². The number of halogens is 1. The SMILES string of the molecule is O=C(CCC1CCNC1)NC(c1ccc(Cl)cc1)c1cccs1. The lowest BCUT2D eigenvalue weighted by Gasteiger charge is -2.19. The van der Waals surface area contributed by atoms with Crippen molar-refractivity contribution in [3.63, 3.8) is 0 Å². The van der Waals surface area contributed by atoms with Gasteiger partial charge in [0, 0.05) is 16.3 Å². The summed E-state index contributed by atoms with van der Waals surface area (Å²) in [5.74, 6) is 0.752. The Kier molecular flexibility index (Phi) is 5.70. The molecule has 2 heterocycles. The minimum absolute atomic E-state index is 0.0959. The molecule has 0 radical (unpaired) electrons. The Bertz CT molecular complexity index is 621. The Morgan fingerprint density at radius 2 is 2.17 bits per heavy atom. The first kappa shape index (κ1) is 16.5. The van der Waals surface area contributed by atoms with Crippen molar-refractivity contribution in [3.8, 4) is 0 Å². The van der Waals surface area contributed by atoms with Crippen LogP contribution >= 0.6 is 22.9 Å².